The fourth-order valence-electron chi connectivity index (χ4n) is 2.55. The third-order valence-electron chi connectivity index (χ3n) is 3.77. The number of hydrogen-bond acceptors (Lipinski definition) is 6. The number of anilines is 1. The molecule has 4 rings (SSSR count). The number of nitrogens with one attached hydrogen (secondary N) is 1. The molecule has 4 aromatic rings. The molecule has 25 heavy (non-hydrogen) atoms. The lowest BCUT2D eigenvalue weighted by Gasteiger charge is -1.99. The number of rotatable bonds is 4. The van der Waals surface area contributed by atoms with Crippen LogP contribution in [0.1, 0.15) is 10.6 Å². The molecule has 0 saturated carbocycles. The van der Waals surface area contributed by atoms with Crippen LogP contribution < -0.4 is 10.1 Å². The van der Waals surface area contributed by atoms with Crippen LogP contribution in [0.3, 0.4) is 0 Å². The average molecular weight is 370 g/mol. The van der Waals surface area contributed by atoms with Crippen LogP contribution in [0, 0.1) is 0 Å². The maximum atomic E-state index is 12.5. The van der Waals surface area contributed by atoms with Crippen molar-refractivity contribution in [3.63, 3.8) is 0 Å². The second-order valence-corrected chi connectivity index (χ2v) is 7.21. The molecule has 0 atom stereocenters. The van der Waals surface area contributed by atoms with Gasteiger partial charge >= 0.3 is 0 Å². The molecule has 0 unspecified atom stereocenters. The van der Waals surface area contributed by atoms with Gasteiger partial charge < -0.3 is 9.15 Å². The van der Waals surface area contributed by atoms with Gasteiger partial charge in [-0.2, -0.15) is 0 Å². The van der Waals surface area contributed by atoms with Gasteiger partial charge in [0.25, 0.3) is 5.91 Å². The molecular formula is C18H14N2O3S2. The smallest absolute Gasteiger partial charge is 0.293 e. The Balaban J connectivity index is 1.63. The lowest BCUT2D eigenvalue weighted by molar-refractivity contribution is 0.0998. The Morgan fingerprint density at radius 2 is 2.16 bits per heavy atom. The van der Waals surface area contributed by atoms with Crippen LogP contribution in [-0.4, -0.2) is 24.3 Å². The van der Waals surface area contributed by atoms with Crippen LogP contribution in [0.15, 0.2) is 51.8 Å². The monoisotopic (exact) mass is 370 g/mol. The lowest BCUT2D eigenvalue weighted by Crippen LogP contribution is -2.10. The molecule has 0 bridgehead atoms. The summed E-state index contributed by atoms with van der Waals surface area (Å²) in [7, 11) is 1.57. The van der Waals surface area contributed by atoms with Gasteiger partial charge in [-0.05, 0) is 36.6 Å². The minimum absolute atomic E-state index is 0.226. The third kappa shape index (κ3) is 2.96. The molecular weight excluding hydrogens is 356 g/mol. The number of furan rings is 1. The average Bonchev–Trinajstić information content (AvgIpc) is 3.23. The predicted octanol–water partition coefficient (Wildman–Crippen LogP) is 5.03. The molecule has 126 valence electrons. The lowest BCUT2D eigenvalue weighted by atomic mass is 10.2. The molecule has 5 nitrogen and oxygen atoms in total. The minimum atomic E-state index is -0.331. The third-order valence-corrected chi connectivity index (χ3v) is 5.43. The highest BCUT2D eigenvalue weighted by Crippen LogP contribution is 2.31. The molecule has 0 saturated heterocycles. The van der Waals surface area contributed by atoms with E-state index in [1.165, 1.54) is 16.2 Å². The zero-order chi connectivity index (χ0) is 17.4. The van der Waals surface area contributed by atoms with E-state index in [0.29, 0.717) is 16.5 Å². The van der Waals surface area contributed by atoms with E-state index in [0.717, 1.165) is 15.6 Å². The van der Waals surface area contributed by atoms with Crippen LogP contribution in [0.25, 0.3) is 21.2 Å². The highest BCUT2D eigenvalue weighted by molar-refractivity contribution is 7.98. The summed E-state index contributed by atoms with van der Waals surface area (Å²) < 4.78 is 12.0. The molecule has 7 heteroatoms. The Bertz CT molecular complexity index is 1080. The topological polar surface area (TPSA) is 64.4 Å². The molecule has 0 fully saturated rings. The molecule has 1 N–H and O–H groups in total. The van der Waals surface area contributed by atoms with E-state index < -0.39 is 0 Å². The van der Waals surface area contributed by atoms with Crippen molar-refractivity contribution >= 4 is 55.3 Å². The summed E-state index contributed by atoms with van der Waals surface area (Å²) in [5.74, 6) is 0.493. The first-order valence-corrected chi connectivity index (χ1v) is 9.54. The van der Waals surface area contributed by atoms with E-state index >= 15 is 0 Å². The van der Waals surface area contributed by atoms with Crippen molar-refractivity contribution in [2.45, 2.75) is 4.90 Å². The number of thiazole rings is 1. The van der Waals surface area contributed by atoms with Crippen molar-refractivity contribution in [3.8, 4) is 5.75 Å². The van der Waals surface area contributed by atoms with Crippen LogP contribution in [-0.2, 0) is 0 Å². The summed E-state index contributed by atoms with van der Waals surface area (Å²) in [5, 5.41) is 4.18. The molecule has 0 spiro atoms. The van der Waals surface area contributed by atoms with E-state index in [9.17, 15) is 4.79 Å². The summed E-state index contributed by atoms with van der Waals surface area (Å²) >= 11 is 3.12. The summed E-state index contributed by atoms with van der Waals surface area (Å²) in [5.41, 5.74) is 1.42. The number of carbonyl (C=O) groups excluding carboxylic acids is 1. The minimum Gasteiger partial charge on any atom is -0.493 e. The molecule has 1 amide bonds. The maximum Gasteiger partial charge on any atom is 0.293 e. The normalized spacial score (nSPS) is 11.1. The fraction of sp³-hybridized carbons (Fsp3) is 0.111. The van der Waals surface area contributed by atoms with Gasteiger partial charge in [0.1, 0.15) is 0 Å². The molecule has 2 aromatic carbocycles. The zero-order valence-corrected chi connectivity index (χ0v) is 15.2. The largest absolute Gasteiger partial charge is 0.493 e. The van der Waals surface area contributed by atoms with Crippen LogP contribution >= 0.6 is 23.1 Å². The Morgan fingerprint density at radius 3 is 2.96 bits per heavy atom. The SMILES string of the molecule is COc1cccc2cc(C(=O)Nc3nc4ccc(SC)cc4s3)oc12. The van der Waals surface area contributed by atoms with Crippen molar-refractivity contribution in [2.75, 3.05) is 18.7 Å². The first kappa shape index (κ1) is 16.0. The highest BCUT2D eigenvalue weighted by Gasteiger charge is 2.16. The van der Waals surface area contributed by atoms with Crippen molar-refractivity contribution in [1.82, 2.24) is 4.98 Å². The molecule has 2 aromatic heterocycles. The zero-order valence-electron chi connectivity index (χ0n) is 13.5. The van der Waals surface area contributed by atoms with Crippen molar-refractivity contribution in [3.05, 3.63) is 48.2 Å². The second kappa shape index (κ2) is 6.42. The number of amides is 1. The Morgan fingerprint density at radius 1 is 1.28 bits per heavy atom. The van der Waals surface area contributed by atoms with Gasteiger partial charge in [-0.15, -0.1) is 11.8 Å². The number of nitrogens with zero attached hydrogens (tertiary/aromatic N) is 1. The second-order valence-electron chi connectivity index (χ2n) is 5.30. The van der Waals surface area contributed by atoms with Gasteiger partial charge in [0.15, 0.2) is 22.2 Å². The van der Waals surface area contributed by atoms with E-state index in [-0.39, 0.29) is 11.7 Å². The first-order valence-electron chi connectivity index (χ1n) is 7.50. The van der Waals surface area contributed by atoms with Crippen molar-refractivity contribution in [2.24, 2.45) is 0 Å². The fourth-order valence-corrected chi connectivity index (χ4v) is 3.97. The number of carbonyl (C=O) groups is 1. The predicted molar refractivity (Wildman–Crippen MR) is 102 cm³/mol. The van der Waals surface area contributed by atoms with Crippen LogP contribution in [0.2, 0.25) is 0 Å². The number of fused-ring (bicyclic) bond motifs is 2. The summed E-state index contributed by atoms with van der Waals surface area (Å²) in [4.78, 5) is 18.1. The van der Waals surface area contributed by atoms with Crippen LogP contribution in [0.5, 0.6) is 5.75 Å². The summed E-state index contributed by atoms with van der Waals surface area (Å²) in [6.07, 6.45) is 2.03. The number of ether oxygens (including phenoxy) is 1. The standard InChI is InChI=1S/C18H14N2O3S2/c1-22-13-5-3-4-10-8-14(23-16(10)13)17(21)20-18-19-12-7-6-11(24-2)9-15(12)25-18/h3-9H,1-2H3,(H,19,20,21). The number of methoxy groups -OCH3 is 1. The van der Waals surface area contributed by atoms with E-state index in [1.54, 1.807) is 31.0 Å². The molecule has 0 radical (unpaired) electrons. The van der Waals surface area contributed by atoms with E-state index in [1.807, 2.05) is 30.5 Å². The Kier molecular flexibility index (Phi) is 4.10. The molecule has 0 aliphatic carbocycles. The van der Waals surface area contributed by atoms with Gasteiger partial charge in [-0.1, -0.05) is 23.5 Å². The van der Waals surface area contributed by atoms with Gasteiger partial charge in [0.2, 0.25) is 0 Å². The summed E-state index contributed by atoms with van der Waals surface area (Å²) in [6, 6.07) is 13.3. The summed E-state index contributed by atoms with van der Waals surface area (Å²) in [6.45, 7) is 0. The number of thioether (sulfide) groups is 1. The Labute approximate surface area is 152 Å². The van der Waals surface area contributed by atoms with Crippen molar-refractivity contribution < 1.29 is 13.9 Å². The van der Waals surface area contributed by atoms with Crippen molar-refractivity contribution in [1.29, 1.82) is 0 Å². The first-order chi connectivity index (χ1) is 12.2. The van der Waals surface area contributed by atoms with E-state index in [2.05, 4.69) is 16.4 Å². The van der Waals surface area contributed by atoms with Gasteiger partial charge in [0.05, 0.1) is 17.3 Å². The number of aromatic nitrogens is 1. The Hall–Kier alpha value is -2.51. The number of hydrogen-bond donors (Lipinski definition) is 1. The quantitative estimate of drug-likeness (QED) is 0.511. The maximum absolute atomic E-state index is 12.5. The van der Waals surface area contributed by atoms with Crippen LogP contribution in [0.4, 0.5) is 5.13 Å². The van der Waals surface area contributed by atoms with Gasteiger partial charge in [-0.3, -0.25) is 10.1 Å². The molecule has 0 aliphatic heterocycles. The van der Waals surface area contributed by atoms with Gasteiger partial charge in [-0.25, -0.2) is 4.98 Å². The number of para-hydroxylation sites is 1. The van der Waals surface area contributed by atoms with Gasteiger partial charge in [0, 0.05) is 10.3 Å². The van der Waals surface area contributed by atoms with E-state index in [4.69, 9.17) is 9.15 Å². The highest BCUT2D eigenvalue weighted by atomic mass is 32.2. The number of benzene rings is 2. The molecule has 0 aliphatic rings. The molecule has 2 heterocycles.